The highest BCUT2D eigenvalue weighted by atomic mass is 32.2. The normalized spacial score (nSPS) is 11.7. The van der Waals surface area contributed by atoms with Crippen LogP contribution in [-0.4, -0.2) is 17.5 Å². The van der Waals surface area contributed by atoms with Gasteiger partial charge in [0, 0.05) is 5.75 Å². The molecule has 0 aliphatic heterocycles. The monoisotopic (exact) mass is 296 g/mol. The summed E-state index contributed by atoms with van der Waals surface area (Å²) in [7, 11) is 0. The summed E-state index contributed by atoms with van der Waals surface area (Å²) in [5, 5.41) is 0.639. The number of hydrogen-bond donors (Lipinski definition) is 0. The van der Waals surface area contributed by atoms with Gasteiger partial charge in [-0.15, -0.1) is 0 Å². The van der Waals surface area contributed by atoms with Gasteiger partial charge in [-0.2, -0.15) is 11.8 Å². The molecule has 1 rings (SSSR count). The van der Waals surface area contributed by atoms with Crippen LogP contribution in [0.4, 0.5) is 0 Å². The quantitative estimate of drug-likeness (QED) is 0.669. The highest BCUT2D eigenvalue weighted by molar-refractivity contribution is 7.99. The number of rotatable bonds is 8. The summed E-state index contributed by atoms with van der Waals surface area (Å²) < 4.78 is 11.6. The first-order valence-corrected chi connectivity index (χ1v) is 8.45. The van der Waals surface area contributed by atoms with Crippen LogP contribution in [-0.2, 0) is 17.1 Å². The van der Waals surface area contributed by atoms with Gasteiger partial charge in [0.05, 0.1) is 18.8 Å². The van der Waals surface area contributed by atoms with Gasteiger partial charge >= 0.3 is 0 Å². The predicted octanol–water partition coefficient (Wildman–Crippen LogP) is 5.04. The molecule has 0 saturated heterocycles. The Balaban J connectivity index is 2.84. The number of benzene rings is 1. The van der Waals surface area contributed by atoms with Gasteiger partial charge in [-0.25, -0.2) is 0 Å². The van der Waals surface area contributed by atoms with Gasteiger partial charge in [0.1, 0.15) is 5.75 Å². The second kappa shape index (κ2) is 8.58. The van der Waals surface area contributed by atoms with E-state index in [9.17, 15) is 0 Å². The summed E-state index contributed by atoms with van der Waals surface area (Å²) in [6, 6.07) is 6.36. The van der Waals surface area contributed by atoms with Crippen molar-refractivity contribution in [2.24, 2.45) is 0 Å². The standard InChI is InChI=1S/C17H28O2S/c1-12(2)18-10-16-9-17(19-13(3)4)8-7-15(16)11-20-14(5)6/h7-9,12-14H,10-11H2,1-6H3. The first-order valence-electron chi connectivity index (χ1n) is 7.40. The zero-order valence-corrected chi connectivity index (χ0v) is 14.4. The van der Waals surface area contributed by atoms with Crippen LogP contribution in [0.15, 0.2) is 18.2 Å². The Morgan fingerprint density at radius 1 is 0.950 bits per heavy atom. The topological polar surface area (TPSA) is 18.5 Å². The Labute approximate surface area is 128 Å². The fourth-order valence-corrected chi connectivity index (χ4v) is 2.53. The molecule has 2 nitrogen and oxygen atoms in total. The zero-order chi connectivity index (χ0) is 15.1. The number of hydrogen-bond acceptors (Lipinski definition) is 3. The molecule has 0 N–H and O–H groups in total. The molecule has 0 unspecified atom stereocenters. The lowest BCUT2D eigenvalue weighted by Crippen LogP contribution is -2.08. The van der Waals surface area contributed by atoms with Crippen molar-refractivity contribution in [3.63, 3.8) is 0 Å². The van der Waals surface area contributed by atoms with Gasteiger partial charge in [-0.1, -0.05) is 19.9 Å². The molecule has 0 aliphatic rings. The summed E-state index contributed by atoms with van der Waals surface area (Å²) in [6.45, 7) is 13.3. The Hall–Kier alpha value is -0.670. The molecule has 0 aliphatic carbocycles. The van der Waals surface area contributed by atoms with Crippen molar-refractivity contribution < 1.29 is 9.47 Å². The molecule has 0 spiro atoms. The van der Waals surface area contributed by atoms with E-state index < -0.39 is 0 Å². The molecule has 0 bridgehead atoms. The van der Waals surface area contributed by atoms with Crippen LogP contribution in [0.1, 0.15) is 52.7 Å². The van der Waals surface area contributed by atoms with Crippen molar-refractivity contribution in [3.8, 4) is 5.75 Å². The van der Waals surface area contributed by atoms with Gasteiger partial charge in [0.2, 0.25) is 0 Å². The lowest BCUT2D eigenvalue weighted by Gasteiger charge is -2.16. The molecule has 0 atom stereocenters. The van der Waals surface area contributed by atoms with E-state index in [4.69, 9.17) is 9.47 Å². The minimum absolute atomic E-state index is 0.199. The van der Waals surface area contributed by atoms with Gasteiger partial charge < -0.3 is 9.47 Å². The van der Waals surface area contributed by atoms with Gasteiger partial charge in [0.15, 0.2) is 0 Å². The summed E-state index contributed by atoms with van der Waals surface area (Å²) in [5.74, 6) is 1.96. The van der Waals surface area contributed by atoms with Gasteiger partial charge in [-0.3, -0.25) is 0 Å². The summed E-state index contributed by atoms with van der Waals surface area (Å²) >= 11 is 1.96. The van der Waals surface area contributed by atoms with E-state index in [2.05, 4.69) is 45.9 Å². The Morgan fingerprint density at radius 3 is 2.20 bits per heavy atom. The Morgan fingerprint density at radius 2 is 1.65 bits per heavy atom. The average Bonchev–Trinajstić information content (AvgIpc) is 2.34. The summed E-state index contributed by atoms with van der Waals surface area (Å²) in [4.78, 5) is 0. The van der Waals surface area contributed by atoms with Crippen molar-refractivity contribution in [2.75, 3.05) is 0 Å². The van der Waals surface area contributed by atoms with Crippen molar-refractivity contribution in [1.29, 1.82) is 0 Å². The smallest absolute Gasteiger partial charge is 0.120 e. The van der Waals surface area contributed by atoms with Crippen LogP contribution in [0.5, 0.6) is 5.75 Å². The molecule has 3 heteroatoms. The molecule has 0 fully saturated rings. The molecule has 0 saturated carbocycles. The third-order valence-corrected chi connectivity index (χ3v) is 3.84. The maximum absolute atomic E-state index is 5.78. The maximum atomic E-state index is 5.78. The molecule has 0 amide bonds. The third kappa shape index (κ3) is 6.67. The SMILES string of the molecule is CC(C)OCc1cc(OC(C)C)ccc1CSC(C)C. The van der Waals surface area contributed by atoms with Crippen LogP contribution in [0, 0.1) is 0 Å². The van der Waals surface area contributed by atoms with E-state index >= 15 is 0 Å². The van der Waals surface area contributed by atoms with Crippen LogP contribution in [0.3, 0.4) is 0 Å². The van der Waals surface area contributed by atoms with E-state index in [1.54, 1.807) is 0 Å². The van der Waals surface area contributed by atoms with Gasteiger partial charge in [-0.05, 0) is 56.2 Å². The molecular weight excluding hydrogens is 268 g/mol. The number of ether oxygens (including phenoxy) is 2. The third-order valence-electron chi connectivity index (χ3n) is 2.69. The maximum Gasteiger partial charge on any atom is 0.120 e. The molecule has 114 valence electrons. The van der Waals surface area contributed by atoms with E-state index in [0.717, 1.165) is 11.5 Å². The summed E-state index contributed by atoms with van der Waals surface area (Å²) in [5.41, 5.74) is 2.59. The Kier molecular flexibility index (Phi) is 7.46. The molecule has 1 aromatic carbocycles. The van der Waals surface area contributed by atoms with Gasteiger partial charge in [0.25, 0.3) is 0 Å². The first-order chi connectivity index (χ1) is 9.38. The van der Waals surface area contributed by atoms with Crippen LogP contribution in [0.25, 0.3) is 0 Å². The van der Waals surface area contributed by atoms with Crippen molar-refractivity contribution in [2.45, 2.75) is 71.4 Å². The second-order valence-electron chi connectivity index (χ2n) is 5.82. The fraction of sp³-hybridized carbons (Fsp3) is 0.647. The average molecular weight is 296 g/mol. The summed E-state index contributed by atoms with van der Waals surface area (Å²) in [6.07, 6.45) is 0.444. The van der Waals surface area contributed by atoms with Crippen molar-refractivity contribution >= 4 is 11.8 Å². The molecule has 20 heavy (non-hydrogen) atoms. The lowest BCUT2D eigenvalue weighted by atomic mass is 10.1. The van der Waals surface area contributed by atoms with E-state index in [0.29, 0.717) is 11.9 Å². The van der Waals surface area contributed by atoms with E-state index in [1.165, 1.54) is 11.1 Å². The van der Waals surface area contributed by atoms with E-state index in [1.807, 2.05) is 25.6 Å². The first kappa shape index (κ1) is 17.4. The molecule has 0 heterocycles. The molecule has 0 aromatic heterocycles. The fourth-order valence-electron chi connectivity index (χ4n) is 1.74. The van der Waals surface area contributed by atoms with Crippen molar-refractivity contribution in [1.82, 2.24) is 0 Å². The molecule has 0 radical (unpaired) electrons. The minimum atomic E-state index is 0.199. The minimum Gasteiger partial charge on any atom is -0.491 e. The van der Waals surface area contributed by atoms with E-state index in [-0.39, 0.29) is 12.2 Å². The van der Waals surface area contributed by atoms with Crippen LogP contribution < -0.4 is 4.74 Å². The second-order valence-corrected chi connectivity index (χ2v) is 7.38. The molecule has 1 aromatic rings. The number of thioether (sulfide) groups is 1. The highest BCUT2D eigenvalue weighted by Crippen LogP contribution is 2.25. The lowest BCUT2D eigenvalue weighted by molar-refractivity contribution is 0.0652. The molecular formula is C17H28O2S. The van der Waals surface area contributed by atoms with Crippen LogP contribution >= 0.6 is 11.8 Å². The highest BCUT2D eigenvalue weighted by Gasteiger charge is 2.08. The van der Waals surface area contributed by atoms with Crippen molar-refractivity contribution in [3.05, 3.63) is 29.3 Å². The zero-order valence-electron chi connectivity index (χ0n) is 13.6. The largest absolute Gasteiger partial charge is 0.491 e. The Bertz CT molecular complexity index is 400. The predicted molar refractivity (Wildman–Crippen MR) is 88.6 cm³/mol. The van der Waals surface area contributed by atoms with Crippen LogP contribution in [0.2, 0.25) is 0 Å².